The maximum absolute atomic E-state index is 13.1. The van der Waals surface area contributed by atoms with E-state index >= 15 is 0 Å². The molecule has 0 spiro atoms. The molecule has 34 heavy (non-hydrogen) atoms. The van der Waals surface area contributed by atoms with E-state index in [9.17, 15) is 9.90 Å². The molecular formula is C28H21ClO4S. The molecule has 0 aromatic heterocycles. The number of hydrogen-bond acceptors (Lipinski definition) is 5. The van der Waals surface area contributed by atoms with Gasteiger partial charge in [-0.05, 0) is 40.6 Å². The summed E-state index contributed by atoms with van der Waals surface area (Å²) >= 11 is 7.35. The normalized spacial score (nSPS) is 18.1. The third kappa shape index (κ3) is 4.49. The van der Waals surface area contributed by atoms with Gasteiger partial charge in [0.05, 0.1) is 11.4 Å². The van der Waals surface area contributed by atoms with E-state index in [1.807, 2.05) is 84.9 Å². The van der Waals surface area contributed by atoms with Crippen LogP contribution in [0.25, 0.3) is 10.8 Å². The molecule has 1 aliphatic rings. The second-order valence-electron chi connectivity index (χ2n) is 8.03. The van der Waals surface area contributed by atoms with Crippen molar-refractivity contribution in [1.82, 2.24) is 0 Å². The Labute approximate surface area is 206 Å². The maximum Gasteiger partial charge on any atom is 0.349 e. The molecule has 1 unspecified atom stereocenters. The first-order valence-corrected chi connectivity index (χ1v) is 12.0. The van der Waals surface area contributed by atoms with E-state index in [2.05, 4.69) is 0 Å². The fraction of sp³-hybridized carbons (Fsp3) is 0.107. The summed E-state index contributed by atoms with van der Waals surface area (Å²) in [4.78, 5) is 13.9. The highest BCUT2D eigenvalue weighted by molar-refractivity contribution is 8.04. The Morgan fingerprint density at radius 2 is 1.62 bits per heavy atom. The molecule has 5 rings (SSSR count). The summed E-state index contributed by atoms with van der Waals surface area (Å²) in [6.45, 7) is 0.0508. The molecule has 0 saturated heterocycles. The van der Waals surface area contributed by atoms with Crippen LogP contribution in [0, 0.1) is 0 Å². The van der Waals surface area contributed by atoms with Gasteiger partial charge >= 0.3 is 5.97 Å². The van der Waals surface area contributed by atoms with Crippen LogP contribution >= 0.6 is 23.4 Å². The molecule has 4 aromatic rings. The van der Waals surface area contributed by atoms with Crippen LogP contribution in [0.5, 0.6) is 5.75 Å². The van der Waals surface area contributed by atoms with Crippen molar-refractivity contribution >= 4 is 40.1 Å². The van der Waals surface area contributed by atoms with E-state index in [1.165, 1.54) is 0 Å². The van der Waals surface area contributed by atoms with E-state index in [-0.39, 0.29) is 23.7 Å². The number of rotatable bonds is 6. The lowest BCUT2D eigenvalue weighted by Gasteiger charge is -2.37. The standard InChI is InChI=1S/C28H21ClO4S/c29-23-12-6-7-13-25(23)34-26-24(30)17-28(33-27(26)31,21-10-2-1-3-11-21)18-32-22-15-14-19-8-4-5-9-20(19)16-22/h1-16,30H,17-18H2. The highest BCUT2D eigenvalue weighted by atomic mass is 35.5. The minimum absolute atomic E-state index is 0.0489. The van der Waals surface area contributed by atoms with Gasteiger partial charge in [-0.2, -0.15) is 0 Å². The molecule has 4 aromatic carbocycles. The van der Waals surface area contributed by atoms with Crippen molar-refractivity contribution < 1.29 is 19.4 Å². The van der Waals surface area contributed by atoms with E-state index < -0.39 is 11.6 Å². The summed E-state index contributed by atoms with van der Waals surface area (Å²) in [5, 5.41) is 13.6. The number of benzene rings is 4. The number of cyclic esters (lactones) is 1. The lowest BCUT2D eigenvalue weighted by atomic mass is 9.88. The van der Waals surface area contributed by atoms with Gasteiger partial charge in [0.15, 0.2) is 5.60 Å². The van der Waals surface area contributed by atoms with Crippen molar-refractivity contribution in [3.05, 3.63) is 118 Å². The molecule has 0 bridgehead atoms. The maximum atomic E-state index is 13.1. The molecule has 0 aliphatic carbocycles. The van der Waals surface area contributed by atoms with Crippen molar-refractivity contribution in [2.24, 2.45) is 0 Å². The lowest BCUT2D eigenvalue weighted by molar-refractivity contribution is -0.163. The molecule has 4 nitrogen and oxygen atoms in total. The van der Waals surface area contributed by atoms with Gasteiger partial charge in [-0.25, -0.2) is 4.79 Å². The molecule has 1 heterocycles. The molecule has 170 valence electrons. The quantitative estimate of drug-likeness (QED) is 0.289. The first-order valence-electron chi connectivity index (χ1n) is 10.8. The highest BCUT2D eigenvalue weighted by Crippen LogP contribution is 2.44. The van der Waals surface area contributed by atoms with E-state index in [4.69, 9.17) is 21.1 Å². The van der Waals surface area contributed by atoms with E-state index in [0.717, 1.165) is 28.1 Å². The monoisotopic (exact) mass is 488 g/mol. The molecule has 0 fully saturated rings. The first-order chi connectivity index (χ1) is 16.5. The number of aliphatic hydroxyl groups is 1. The van der Waals surface area contributed by atoms with Gasteiger partial charge in [-0.3, -0.25) is 0 Å². The van der Waals surface area contributed by atoms with Crippen molar-refractivity contribution in [3.8, 4) is 5.75 Å². The fourth-order valence-electron chi connectivity index (χ4n) is 3.99. The Morgan fingerprint density at radius 1 is 0.912 bits per heavy atom. The average Bonchev–Trinajstić information content (AvgIpc) is 2.86. The molecule has 0 radical (unpaired) electrons. The SMILES string of the molecule is O=C1OC(COc2ccc3ccccc3c2)(c2ccccc2)CC(O)=C1Sc1ccccc1Cl. The van der Waals surface area contributed by atoms with Crippen LogP contribution in [0.2, 0.25) is 5.02 Å². The van der Waals surface area contributed by atoms with Gasteiger partial charge < -0.3 is 14.6 Å². The third-order valence-electron chi connectivity index (χ3n) is 5.73. The van der Waals surface area contributed by atoms with Crippen molar-refractivity contribution in [1.29, 1.82) is 0 Å². The van der Waals surface area contributed by atoms with Gasteiger partial charge in [0.1, 0.15) is 23.0 Å². The number of thioether (sulfide) groups is 1. The zero-order chi connectivity index (χ0) is 23.5. The predicted octanol–water partition coefficient (Wildman–Crippen LogP) is 7.28. The van der Waals surface area contributed by atoms with Crippen molar-refractivity contribution in [3.63, 3.8) is 0 Å². The molecule has 6 heteroatoms. The van der Waals surface area contributed by atoms with Gasteiger partial charge in [0.2, 0.25) is 0 Å². The van der Waals surface area contributed by atoms with Crippen molar-refractivity contribution in [2.75, 3.05) is 6.61 Å². The largest absolute Gasteiger partial charge is 0.511 e. The summed E-state index contributed by atoms with van der Waals surface area (Å²) in [5.41, 5.74) is -0.420. The number of hydrogen-bond donors (Lipinski definition) is 1. The summed E-state index contributed by atoms with van der Waals surface area (Å²) in [6, 6.07) is 30.4. The number of esters is 1. The van der Waals surface area contributed by atoms with Gasteiger partial charge in [-0.15, -0.1) is 0 Å². The van der Waals surface area contributed by atoms with Crippen LogP contribution in [-0.4, -0.2) is 17.7 Å². The van der Waals surface area contributed by atoms with Crippen LogP contribution in [0.15, 0.2) is 113 Å². The Kier molecular flexibility index (Phi) is 6.22. The molecule has 0 saturated carbocycles. The number of aliphatic hydroxyl groups excluding tert-OH is 1. The highest BCUT2D eigenvalue weighted by Gasteiger charge is 2.45. The van der Waals surface area contributed by atoms with Gasteiger partial charge in [-0.1, -0.05) is 96.2 Å². The third-order valence-corrected chi connectivity index (χ3v) is 7.35. The Morgan fingerprint density at radius 3 is 2.38 bits per heavy atom. The smallest absolute Gasteiger partial charge is 0.349 e. The van der Waals surface area contributed by atoms with Crippen LogP contribution in [-0.2, 0) is 15.1 Å². The van der Waals surface area contributed by atoms with Crippen LogP contribution in [0.1, 0.15) is 12.0 Å². The summed E-state index contributed by atoms with van der Waals surface area (Å²) < 4.78 is 12.2. The number of carbonyl (C=O) groups excluding carboxylic acids is 1. The summed E-state index contributed by atoms with van der Waals surface area (Å²) in [5.74, 6) is -0.00321. The van der Waals surface area contributed by atoms with E-state index in [0.29, 0.717) is 15.7 Å². The molecule has 1 N–H and O–H groups in total. The second kappa shape index (κ2) is 9.45. The fourth-order valence-corrected chi connectivity index (χ4v) is 5.09. The average molecular weight is 489 g/mol. The number of fused-ring (bicyclic) bond motifs is 1. The van der Waals surface area contributed by atoms with Crippen LogP contribution < -0.4 is 4.74 Å². The predicted molar refractivity (Wildman–Crippen MR) is 135 cm³/mol. The topological polar surface area (TPSA) is 55.8 Å². The van der Waals surface area contributed by atoms with Crippen LogP contribution in [0.4, 0.5) is 0 Å². The number of ether oxygens (including phenoxy) is 2. The first kappa shape index (κ1) is 22.4. The molecular weight excluding hydrogens is 468 g/mol. The zero-order valence-corrected chi connectivity index (χ0v) is 19.7. The minimum atomic E-state index is -1.17. The number of halogens is 1. The Bertz CT molecular complexity index is 1390. The van der Waals surface area contributed by atoms with Gasteiger partial charge in [0.25, 0.3) is 0 Å². The lowest BCUT2D eigenvalue weighted by Crippen LogP contribution is -2.42. The molecule has 0 amide bonds. The van der Waals surface area contributed by atoms with Gasteiger partial charge in [0, 0.05) is 4.90 Å². The minimum Gasteiger partial charge on any atom is -0.511 e. The van der Waals surface area contributed by atoms with Crippen LogP contribution in [0.3, 0.4) is 0 Å². The number of carbonyl (C=O) groups is 1. The summed E-state index contributed by atoms with van der Waals surface area (Å²) in [6.07, 6.45) is 0.0864. The molecule has 1 atom stereocenters. The van der Waals surface area contributed by atoms with Crippen molar-refractivity contribution in [2.45, 2.75) is 16.9 Å². The Balaban J connectivity index is 1.46. The van der Waals surface area contributed by atoms with E-state index in [1.54, 1.807) is 12.1 Å². The zero-order valence-electron chi connectivity index (χ0n) is 18.1. The molecule has 1 aliphatic heterocycles. The Hall–Kier alpha value is -3.41. The second-order valence-corrected chi connectivity index (χ2v) is 9.49. The summed E-state index contributed by atoms with van der Waals surface area (Å²) in [7, 11) is 0.